The summed E-state index contributed by atoms with van der Waals surface area (Å²) in [4.78, 5) is 25.0. The van der Waals surface area contributed by atoms with Gasteiger partial charge in [0.1, 0.15) is 0 Å². The normalized spacial score (nSPS) is 11.9. The van der Waals surface area contributed by atoms with Crippen molar-refractivity contribution in [1.29, 1.82) is 0 Å². The van der Waals surface area contributed by atoms with Crippen LogP contribution in [0.3, 0.4) is 0 Å². The Morgan fingerprint density at radius 3 is 2.65 bits per heavy atom. The van der Waals surface area contributed by atoms with Gasteiger partial charge in [-0.3, -0.25) is 14.9 Å². The minimum absolute atomic E-state index is 0.0133. The Kier molecular flexibility index (Phi) is 7.06. The Labute approximate surface area is 185 Å². The first-order valence-corrected chi connectivity index (χ1v) is 10.9. The summed E-state index contributed by atoms with van der Waals surface area (Å²) >= 11 is 1.34. The molecule has 1 unspecified atom stereocenters. The van der Waals surface area contributed by atoms with Gasteiger partial charge in [-0.1, -0.05) is 48.2 Å². The molecule has 0 saturated carbocycles. The van der Waals surface area contributed by atoms with Crippen LogP contribution in [-0.2, 0) is 11.3 Å². The average molecular weight is 440 g/mol. The molecule has 0 N–H and O–H groups in total. The van der Waals surface area contributed by atoms with Crippen molar-refractivity contribution in [1.82, 2.24) is 19.7 Å². The smallest absolute Gasteiger partial charge is 0.269 e. The number of nitro groups is 1. The molecule has 8 nitrogen and oxygen atoms in total. The topological polar surface area (TPSA) is 94.2 Å². The minimum atomic E-state index is -0.433. The van der Waals surface area contributed by atoms with E-state index in [4.69, 9.17) is 0 Å². The highest BCUT2D eigenvalue weighted by Gasteiger charge is 2.21. The SMILES string of the molecule is CCn1c(SCC(=O)N(C)C(C)c2cccc([N+](=O)[O-])c2)nnc1-c1ccccc1C. The van der Waals surface area contributed by atoms with Gasteiger partial charge in [0.25, 0.3) is 5.69 Å². The van der Waals surface area contributed by atoms with Crippen LogP contribution in [0.15, 0.2) is 53.7 Å². The summed E-state index contributed by atoms with van der Waals surface area (Å²) < 4.78 is 2.00. The number of carbonyl (C=O) groups is 1. The van der Waals surface area contributed by atoms with E-state index >= 15 is 0 Å². The molecule has 3 aromatic rings. The molecule has 1 aromatic heterocycles. The third kappa shape index (κ3) is 4.93. The number of carbonyl (C=O) groups excluding carboxylic acids is 1. The van der Waals surface area contributed by atoms with E-state index in [0.29, 0.717) is 17.3 Å². The Bertz CT molecular complexity index is 1100. The van der Waals surface area contributed by atoms with Crippen LogP contribution >= 0.6 is 11.8 Å². The van der Waals surface area contributed by atoms with Gasteiger partial charge in [0.15, 0.2) is 11.0 Å². The van der Waals surface area contributed by atoms with Crippen molar-refractivity contribution in [2.24, 2.45) is 0 Å². The standard InChI is InChI=1S/C22H25N5O3S/c1-5-26-21(19-12-7-6-9-15(19)2)23-24-22(26)31-14-20(28)25(4)16(3)17-10-8-11-18(13-17)27(29)30/h6-13,16H,5,14H2,1-4H3. The molecule has 0 bridgehead atoms. The van der Waals surface area contributed by atoms with Gasteiger partial charge in [-0.15, -0.1) is 10.2 Å². The highest BCUT2D eigenvalue weighted by atomic mass is 32.2. The number of benzene rings is 2. The number of thioether (sulfide) groups is 1. The molecule has 2 aromatic carbocycles. The third-order valence-corrected chi connectivity index (χ3v) is 6.23. The molecule has 9 heteroatoms. The van der Waals surface area contributed by atoms with Gasteiger partial charge in [0.05, 0.1) is 16.7 Å². The van der Waals surface area contributed by atoms with E-state index in [2.05, 4.69) is 10.2 Å². The molecule has 0 aliphatic carbocycles. The maximum absolute atomic E-state index is 12.8. The number of nitro benzene ring substituents is 1. The van der Waals surface area contributed by atoms with Crippen molar-refractivity contribution in [2.75, 3.05) is 12.8 Å². The molecule has 1 atom stereocenters. The zero-order valence-corrected chi connectivity index (χ0v) is 18.8. The number of aromatic nitrogens is 3. The minimum Gasteiger partial charge on any atom is -0.338 e. The lowest BCUT2D eigenvalue weighted by atomic mass is 10.1. The third-order valence-electron chi connectivity index (χ3n) is 5.28. The summed E-state index contributed by atoms with van der Waals surface area (Å²) in [6.07, 6.45) is 0. The maximum atomic E-state index is 12.8. The highest BCUT2D eigenvalue weighted by molar-refractivity contribution is 7.99. The van der Waals surface area contributed by atoms with Gasteiger partial charge in [-0.25, -0.2) is 0 Å². The molecular weight excluding hydrogens is 414 g/mol. The molecule has 0 aliphatic rings. The molecule has 0 fully saturated rings. The second kappa shape index (κ2) is 9.74. The first-order chi connectivity index (χ1) is 14.8. The summed E-state index contributed by atoms with van der Waals surface area (Å²) in [5.41, 5.74) is 2.86. The molecule has 31 heavy (non-hydrogen) atoms. The molecule has 1 heterocycles. The lowest BCUT2D eigenvalue weighted by Crippen LogP contribution is -2.31. The fourth-order valence-electron chi connectivity index (χ4n) is 3.27. The lowest BCUT2D eigenvalue weighted by molar-refractivity contribution is -0.384. The van der Waals surface area contributed by atoms with Crippen LogP contribution in [0.2, 0.25) is 0 Å². The molecule has 162 valence electrons. The van der Waals surface area contributed by atoms with E-state index in [0.717, 1.165) is 17.0 Å². The monoisotopic (exact) mass is 439 g/mol. The zero-order valence-electron chi connectivity index (χ0n) is 18.0. The van der Waals surface area contributed by atoms with Gasteiger partial charge in [-0.2, -0.15) is 0 Å². The van der Waals surface area contributed by atoms with E-state index < -0.39 is 4.92 Å². The summed E-state index contributed by atoms with van der Waals surface area (Å²) in [6.45, 7) is 6.59. The van der Waals surface area contributed by atoms with Gasteiger partial charge < -0.3 is 9.47 Å². The summed E-state index contributed by atoms with van der Waals surface area (Å²) in [6, 6.07) is 14.1. The molecule has 0 aliphatic heterocycles. The van der Waals surface area contributed by atoms with Crippen molar-refractivity contribution < 1.29 is 9.72 Å². The van der Waals surface area contributed by atoms with Gasteiger partial charge in [0, 0.05) is 31.3 Å². The van der Waals surface area contributed by atoms with Gasteiger partial charge in [0.2, 0.25) is 5.91 Å². The van der Waals surface area contributed by atoms with Crippen LogP contribution < -0.4 is 0 Å². The van der Waals surface area contributed by atoms with E-state index in [1.54, 1.807) is 24.1 Å². The van der Waals surface area contributed by atoms with Gasteiger partial charge in [-0.05, 0) is 31.9 Å². The molecule has 0 spiro atoms. The predicted octanol–water partition coefficient (Wildman–Crippen LogP) is 4.49. The zero-order chi connectivity index (χ0) is 22.5. The predicted molar refractivity (Wildman–Crippen MR) is 121 cm³/mol. The van der Waals surface area contributed by atoms with E-state index in [9.17, 15) is 14.9 Å². The number of hydrogen-bond acceptors (Lipinski definition) is 6. The van der Waals surface area contributed by atoms with Crippen LogP contribution in [-0.4, -0.2) is 43.3 Å². The van der Waals surface area contributed by atoms with E-state index in [1.165, 1.54) is 23.9 Å². The quantitative estimate of drug-likeness (QED) is 0.291. The van der Waals surface area contributed by atoms with Crippen molar-refractivity contribution in [3.05, 3.63) is 69.8 Å². The number of amides is 1. The van der Waals surface area contributed by atoms with Crippen molar-refractivity contribution in [3.8, 4) is 11.4 Å². The fourth-order valence-corrected chi connectivity index (χ4v) is 4.20. The Morgan fingerprint density at radius 2 is 1.97 bits per heavy atom. The van der Waals surface area contributed by atoms with E-state index in [-0.39, 0.29) is 23.4 Å². The molecule has 0 radical (unpaired) electrons. The second-order valence-electron chi connectivity index (χ2n) is 7.19. The summed E-state index contributed by atoms with van der Waals surface area (Å²) in [7, 11) is 1.70. The summed E-state index contributed by atoms with van der Waals surface area (Å²) in [5.74, 6) is 0.891. The van der Waals surface area contributed by atoms with Crippen molar-refractivity contribution in [2.45, 2.75) is 38.5 Å². The van der Waals surface area contributed by atoms with Crippen LogP contribution in [0.25, 0.3) is 11.4 Å². The number of non-ortho nitro benzene ring substituents is 1. The first-order valence-electron chi connectivity index (χ1n) is 9.95. The lowest BCUT2D eigenvalue weighted by Gasteiger charge is -2.25. The molecular formula is C22H25N5O3S. The van der Waals surface area contributed by atoms with Crippen LogP contribution in [0.5, 0.6) is 0 Å². The van der Waals surface area contributed by atoms with Crippen molar-refractivity contribution in [3.63, 3.8) is 0 Å². The second-order valence-corrected chi connectivity index (χ2v) is 8.13. The molecule has 0 saturated heterocycles. The average Bonchev–Trinajstić information content (AvgIpc) is 3.19. The Hall–Kier alpha value is -3.20. The van der Waals surface area contributed by atoms with E-state index in [1.807, 2.05) is 49.6 Å². The Morgan fingerprint density at radius 1 is 1.23 bits per heavy atom. The Balaban J connectivity index is 1.71. The van der Waals surface area contributed by atoms with Gasteiger partial charge >= 0.3 is 0 Å². The van der Waals surface area contributed by atoms with Crippen LogP contribution in [0, 0.1) is 17.0 Å². The first kappa shape index (κ1) is 22.5. The molecule has 3 rings (SSSR count). The van der Waals surface area contributed by atoms with Crippen LogP contribution in [0.1, 0.15) is 31.0 Å². The largest absolute Gasteiger partial charge is 0.338 e. The summed E-state index contributed by atoms with van der Waals surface area (Å²) in [5, 5.41) is 20.4. The number of hydrogen-bond donors (Lipinski definition) is 0. The maximum Gasteiger partial charge on any atom is 0.269 e. The highest BCUT2D eigenvalue weighted by Crippen LogP contribution is 2.28. The van der Waals surface area contributed by atoms with Crippen LogP contribution in [0.4, 0.5) is 5.69 Å². The number of nitrogens with zero attached hydrogens (tertiary/aromatic N) is 5. The molecule has 1 amide bonds. The fraction of sp³-hybridized carbons (Fsp3) is 0.318. The van der Waals surface area contributed by atoms with Crippen molar-refractivity contribution >= 4 is 23.4 Å². The number of aryl methyl sites for hydroxylation is 1. The number of rotatable bonds is 8.